The van der Waals surface area contributed by atoms with Crippen LogP contribution in [0.4, 0.5) is 5.88 Å². The Bertz CT molecular complexity index is 704. The molecule has 2 heterocycles. The number of benzene rings is 1. The van der Waals surface area contributed by atoms with Gasteiger partial charge >= 0.3 is 0 Å². The number of nitrogens with zero attached hydrogens (tertiary/aromatic N) is 1. The van der Waals surface area contributed by atoms with Crippen molar-refractivity contribution in [3.8, 4) is 11.1 Å². The highest BCUT2D eigenvalue weighted by Gasteiger charge is 2.18. The van der Waals surface area contributed by atoms with Crippen molar-refractivity contribution in [1.29, 1.82) is 0 Å². The maximum Gasteiger partial charge on any atom is 0.230 e. The molecule has 0 amide bonds. The normalized spacial score (nSPS) is 10.8. The summed E-state index contributed by atoms with van der Waals surface area (Å²) in [6.07, 6.45) is 3.06. The fourth-order valence-electron chi connectivity index (χ4n) is 2.16. The van der Waals surface area contributed by atoms with Crippen LogP contribution in [0.1, 0.15) is 11.5 Å². The van der Waals surface area contributed by atoms with Crippen LogP contribution in [-0.4, -0.2) is 5.16 Å². The van der Waals surface area contributed by atoms with Gasteiger partial charge in [-0.15, -0.1) is 0 Å². The summed E-state index contributed by atoms with van der Waals surface area (Å²) in [5.41, 5.74) is 8.27. The Morgan fingerprint density at radius 2 is 1.95 bits per heavy atom. The lowest BCUT2D eigenvalue weighted by atomic mass is 10.0. The van der Waals surface area contributed by atoms with Crippen LogP contribution in [0.2, 0.25) is 5.02 Å². The summed E-state index contributed by atoms with van der Waals surface area (Å²) in [7, 11) is 0. The monoisotopic (exact) mass is 288 g/mol. The van der Waals surface area contributed by atoms with E-state index in [9.17, 15) is 0 Å². The summed E-state index contributed by atoms with van der Waals surface area (Å²) < 4.78 is 10.4. The Morgan fingerprint density at radius 1 is 1.10 bits per heavy atom. The van der Waals surface area contributed by atoms with Crippen molar-refractivity contribution in [2.45, 2.75) is 12.8 Å². The Morgan fingerprint density at radius 3 is 2.70 bits per heavy atom. The summed E-state index contributed by atoms with van der Waals surface area (Å²) in [6, 6.07) is 11.3. The highest BCUT2D eigenvalue weighted by Crippen LogP contribution is 2.35. The second-order valence-corrected chi connectivity index (χ2v) is 4.83. The number of hydrogen-bond acceptors (Lipinski definition) is 4. The van der Waals surface area contributed by atoms with Crippen LogP contribution in [0.25, 0.3) is 11.1 Å². The van der Waals surface area contributed by atoms with E-state index in [2.05, 4.69) is 5.16 Å². The third-order valence-corrected chi connectivity index (χ3v) is 3.45. The van der Waals surface area contributed by atoms with E-state index >= 15 is 0 Å². The topological polar surface area (TPSA) is 65.2 Å². The average Bonchev–Trinajstić information content (AvgIpc) is 3.07. The molecule has 20 heavy (non-hydrogen) atoms. The number of halogens is 1. The van der Waals surface area contributed by atoms with Gasteiger partial charge in [0.1, 0.15) is 5.76 Å². The quantitative estimate of drug-likeness (QED) is 0.789. The predicted octanol–water partition coefficient (Wildman–Crippen LogP) is 3.96. The number of furan rings is 1. The Kier molecular flexibility index (Phi) is 3.48. The first kappa shape index (κ1) is 12.8. The Labute approximate surface area is 121 Å². The molecule has 0 radical (unpaired) electrons. The molecule has 0 fully saturated rings. The van der Waals surface area contributed by atoms with E-state index in [1.165, 1.54) is 0 Å². The van der Waals surface area contributed by atoms with E-state index in [1.807, 2.05) is 36.4 Å². The molecule has 0 aliphatic rings. The summed E-state index contributed by atoms with van der Waals surface area (Å²) in [5.74, 6) is 1.18. The number of rotatable bonds is 4. The number of nitrogen functional groups attached to an aromatic ring is 1. The molecule has 3 rings (SSSR count). The van der Waals surface area contributed by atoms with Crippen LogP contribution >= 0.6 is 11.6 Å². The van der Waals surface area contributed by atoms with Crippen molar-refractivity contribution in [3.63, 3.8) is 0 Å². The van der Waals surface area contributed by atoms with Gasteiger partial charge in [0.2, 0.25) is 5.88 Å². The number of aryl methyl sites for hydroxylation is 2. The molecule has 2 aromatic heterocycles. The molecule has 0 atom stereocenters. The van der Waals surface area contributed by atoms with Crippen molar-refractivity contribution >= 4 is 17.5 Å². The first-order valence-electron chi connectivity index (χ1n) is 6.27. The van der Waals surface area contributed by atoms with Gasteiger partial charge in [-0.3, -0.25) is 0 Å². The summed E-state index contributed by atoms with van der Waals surface area (Å²) in [4.78, 5) is 0. The largest absolute Gasteiger partial charge is 0.469 e. The molecule has 4 nitrogen and oxygen atoms in total. The van der Waals surface area contributed by atoms with Crippen molar-refractivity contribution < 1.29 is 8.94 Å². The van der Waals surface area contributed by atoms with Crippen LogP contribution in [0.15, 0.2) is 51.6 Å². The first-order valence-corrected chi connectivity index (χ1v) is 6.65. The molecule has 1 aromatic carbocycles. The van der Waals surface area contributed by atoms with Crippen LogP contribution < -0.4 is 5.73 Å². The summed E-state index contributed by atoms with van der Waals surface area (Å²) >= 11 is 6.22. The zero-order chi connectivity index (χ0) is 13.9. The third kappa shape index (κ3) is 2.42. The maximum absolute atomic E-state index is 6.22. The minimum atomic E-state index is 0.285. The van der Waals surface area contributed by atoms with Crippen molar-refractivity contribution in [2.24, 2.45) is 0 Å². The molecule has 0 aliphatic heterocycles. The van der Waals surface area contributed by atoms with E-state index in [-0.39, 0.29) is 5.88 Å². The fraction of sp³-hybridized carbons (Fsp3) is 0.133. The predicted molar refractivity (Wildman–Crippen MR) is 77.5 cm³/mol. The molecule has 102 valence electrons. The summed E-state index contributed by atoms with van der Waals surface area (Å²) in [5, 5.41) is 4.66. The number of aromatic nitrogens is 1. The number of nitrogens with two attached hydrogens (primary N) is 1. The van der Waals surface area contributed by atoms with Crippen molar-refractivity contribution in [2.75, 3.05) is 5.73 Å². The van der Waals surface area contributed by atoms with Gasteiger partial charge in [0.05, 0.1) is 17.5 Å². The van der Waals surface area contributed by atoms with Gasteiger partial charge in [0.15, 0.2) is 0 Å². The van der Waals surface area contributed by atoms with E-state index in [0.29, 0.717) is 11.4 Å². The first-order chi connectivity index (χ1) is 9.75. The van der Waals surface area contributed by atoms with Crippen LogP contribution in [0.3, 0.4) is 0 Å². The minimum absolute atomic E-state index is 0.285. The maximum atomic E-state index is 6.22. The number of anilines is 1. The minimum Gasteiger partial charge on any atom is -0.469 e. The molecular weight excluding hydrogens is 276 g/mol. The zero-order valence-corrected chi connectivity index (χ0v) is 11.4. The molecular formula is C15H13ClN2O2. The molecule has 0 saturated carbocycles. The molecule has 0 spiro atoms. The van der Waals surface area contributed by atoms with E-state index in [1.54, 1.807) is 6.26 Å². The molecule has 0 bridgehead atoms. The van der Waals surface area contributed by atoms with E-state index in [0.717, 1.165) is 29.0 Å². The van der Waals surface area contributed by atoms with E-state index < -0.39 is 0 Å². The van der Waals surface area contributed by atoms with Crippen molar-refractivity contribution in [1.82, 2.24) is 5.16 Å². The molecule has 0 aliphatic carbocycles. The van der Waals surface area contributed by atoms with Gasteiger partial charge in [-0.25, -0.2) is 0 Å². The van der Waals surface area contributed by atoms with E-state index in [4.69, 9.17) is 26.3 Å². The lowest BCUT2D eigenvalue weighted by Crippen LogP contribution is -1.94. The average molecular weight is 289 g/mol. The summed E-state index contributed by atoms with van der Waals surface area (Å²) in [6.45, 7) is 0. The second kappa shape index (κ2) is 5.43. The van der Waals surface area contributed by atoms with Gasteiger partial charge in [0, 0.05) is 23.4 Å². The molecule has 5 heteroatoms. The second-order valence-electron chi connectivity index (χ2n) is 4.43. The van der Waals surface area contributed by atoms with Crippen LogP contribution in [0.5, 0.6) is 0 Å². The van der Waals surface area contributed by atoms with Gasteiger partial charge in [-0.2, -0.15) is 0 Å². The fourth-order valence-corrected chi connectivity index (χ4v) is 2.39. The Hall–Kier alpha value is -2.20. The van der Waals surface area contributed by atoms with Gasteiger partial charge in [-0.1, -0.05) is 35.0 Å². The number of hydrogen-bond donors (Lipinski definition) is 1. The van der Waals surface area contributed by atoms with Gasteiger partial charge in [-0.05, 0) is 18.2 Å². The highest BCUT2D eigenvalue weighted by molar-refractivity contribution is 6.33. The van der Waals surface area contributed by atoms with Crippen LogP contribution in [0, 0.1) is 0 Å². The lowest BCUT2D eigenvalue weighted by molar-refractivity contribution is 0.425. The molecule has 0 unspecified atom stereocenters. The zero-order valence-electron chi connectivity index (χ0n) is 10.7. The van der Waals surface area contributed by atoms with Gasteiger partial charge < -0.3 is 14.7 Å². The Balaban J connectivity index is 1.92. The SMILES string of the molecule is Nc1onc(CCc2ccco2)c1-c1ccccc1Cl. The molecule has 2 N–H and O–H groups in total. The third-order valence-electron chi connectivity index (χ3n) is 3.12. The lowest BCUT2D eigenvalue weighted by Gasteiger charge is -2.04. The van der Waals surface area contributed by atoms with Crippen molar-refractivity contribution in [3.05, 3.63) is 59.1 Å². The van der Waals surface area contributed by atoms with Crippen LogP contribution in [-0.2, 0) is 12.8 Å². The highest BCUT2D eigenvalue weighted by atomic mass is 35.5. The van der Waals surface area contributed by atoms with Gasteiger partial charge in [0.25, 0.3) is 0 Å². The molecule has 3 aromatic rings. The molecule has 0 saturated heterocycles. The standard InChI is InChI=1S/C15H13ClN2O2/c16-12-6-2-1-5-11(12)14-13(18-20-15(14)17)8-7-10-4-3-9-19-10/h1-6,9H,7-8,17H2. The smallest absolute Gasteiger partial charge is 0.230 e.